The maximum atomic E-state index is 11.4. The second-order valence-corrected chi connectivity index (χ2v) is 3.30. The van der Waals surface area contributed by atoms with Gasteiger partial charge in [0, 0.05) is 6.54 Å². The minimum Gasteiger partial charge on any atom is -0.465 e. The highest BCUT2D eigenvalue weighted by atomic mass is 16.5. The summed E-state index contributed by atoms with van der Waals surface area (Å²) in [4.78, 5) is 11.4. The van der Waals surface area contributed by atoms with Crippen molar-refractivity contribution in [2.45, 2.75) is 20.4 Å². The van der Waals surface area contributed by atoms with E-state index in [1.54, 1.807) is 0 Å². The molecule has 0 aliphatic heterocycles. The van der Waals surface area contributed by atoms with Gasteiger partial charge in [-0.3, -0.25) is 0 Å². The van der Waals surface area contributed by atoms with Gasteiger partial charge in [0.15, 0.2) is 0 Å². The normalized spacial score (nSPS) is 10.0. The van der Waals surface area contributed by atoms with Gasteiger partial charge in [0.2, 0.25) is 0 Å². The van der Waals surface area contributed by atoms with Gasteiger partial charge in [0.25, 0.3) is 0 Å². The molecule has 0 amide bonds. The molecule has 0 fully saturated rings. The summed E-state index contributed by atoms with van der Waals surface area (Å²) in [6.45, 7) is 4.26. The Kier molecular flexibility index (Phi) is 3.25. The van der Waals surface area contributed by atoms with E-state index < -0.39 is 0 Å². The van der Waals surface area contributed by atoms with Crippen molar-refractivity contribution >= 4 is 5.97 Å². The fraction of sp³-hybridized carbons (Fsp3) is 0.364. The molecule has 0 atom stereocenters. The van der Waals surface area contributed by atoms with Crippen LogP contribution >= 0.6 is 0 Å². The predicted octanol–water partition coefficient (Wildman–Crippen LogP) is 1.55. The van der Waals surface area contributed by atoms with Crippen LogP contribution in [0, 0.1) is 13.8 Å². The SMILES string of the molecule is COC(=O)c1c(C)cc(CN)cc1C. The Hall–Kier alpha value is -1.35. The third-order valence-corrected chi connectivity index (χ3v) is 2.22. The number of hydrogen-bond donors (Lipinski definition) is 1. The van der Waals surface area contributed by atoms with E-state index >= 15 is 0 Å². The second kappa shape index (κ2) is 4.24. The molecule has 0 saturated heterocycles. The minimum atomic E-state index is -0.288. The summed E-state index contributed by atoms with van der Waals surface area (Å²) in [5.41, 5.74) is 9.04. The third-order valence-electron chi connectivity index (χ3n) is 2.22. The van der Waals surface area contributed by atoms with E-state index in [2.05, 4.69) is 0 Å². The number of hydrogen-bond acceptors (Lipinski definition) is 3. The Balaban J connectivity index is 3.25. The van der Waals surface area contributed by atoms with Crippen LogP contribution in [0.25, 0.3) is 0 Å². The van der Waals surface area contributed by atoms with Gasteiger partial charge in [0.05, 0.1) is 12.7 Å². The molecule has 0 radical (unpaired) electrons. The molecule has 0 aromatic heterocycles. The highest BCUT2D eigenvalue weighted by molar-refractivity contribution is 5.92. The number of carbonyl (C=O) groups is 1. The van der Waals surface area contributed by atoms with Crippen molar-refractivity contribution in [1.82, 2.24) is 0 Å². The summed E-state index contributed by atoms with van der Waals surface area (Å²) in [6, 6.07) is 3.83. The molecule has 2 N–H and O–H groups in total. The molecule has 1 aromatic rings. The molecule has 0 aliphatic carbocycles. The van der Waals surface area contributed by atoms with Crippen LogP contribution in [0.2, 0.25) is 0 Å². The monoisotopic (exact) mass is 193 g/mol. The average Bonchev–Trinajstić information content (AvgIpc) is 2.16. The summed E-state index contributed by atoms with van der Waals surface area (Å²) < 4.78 is 4.70. The van der Waals surface area contributed by atoms with Gasteiger partial charge in [-0.05, 0) is 30.5 Å². The Labute approximate surface area is 83.9 Å². The first kappa shape index (κ1) is 10.7. The fourth-order valence-electron chi connectivity index (χ4n) is 1.60. The van der Waals surface area contributed by atoms with Crippen LogP contribution < -0.4 is 5.73 Å². The molecule has 3 heteroatoms. The van der Waals surface area contributed by atoms with Crippen molar-refractivity contribution in [3.8, 4) is 0 Å². The maximum absolute atomic E-state index is 11.4. The van der Waals surface area contributed by atoms with Crippen LogP contribution in [0.5, 0.6) is 0 Å². The van der Waals surface area contributed by atoms with E-state index in [0.717, 1.165) is 16.7 Å². The van der Waals surface area contributed by atoms with Gasteiger partial charge >= 0.3 is 5.97 Å². The lowest BCUT2D eigenvalue weighted by molar-refractivity contribution is 0.0599. The zero-order valence-electron chi connectivity index (χ0n) is 8.76. The first-order chi connectivity index (χ1) is 6.60. The molecule has 14 heavy (non-hydrogen) atoms. The summed E-state index contributed by atoms with van der Waals surface area (Å²) >= 11 is 0. The Morgan fingerprint density at radius 3 is 2.21 bits per heavy atom. The molecule has 0 spiro atoms. The lowest BCUT2D eigenvalue weighted by atomic mass is 9.99. The van der Waals surface area contributed by atoms with Crippen LogP contribution in [-0.2, 0) is 11.3 Å². The van der Waals surface area contributed by atoms with Gasteiger partial charge in [-0.15, -0.1) is 0 Å². The van der Waals surface area contributed by atoms with Crippen molar-refractivity contribution in [2.75, 3.05) is 7.11 Å². The number of esters is 1. The molecule has 1 rings (SSSR count). The Bertz CT molecular complexity index is 335. The van der Waals surface area contributed by atoms with Crippen molar-refractivity contribution in [1.29, 1.82) is 0 Å². The van der Waals surface area contributed by atoms with Crippen molar-refractivity contribution in [2.24, 2.45) is 5.73 Å². The van der Waals surface area contributed by atoms with Gasteiger partial charge in [-0.1, -0.05) is 12.1 Å². The molecular weight excluding hydrogens is 178 g/mol. The number of benzene rings is 1. The average molecular weight is 193 g/mol. The van der Waals surface area contributed by atoms with Crippen LogP contribution in [-0.4, -0.2) is 13.1 Å². The lowest BCUT2D eigenvalue weighted by Gasteiger charge is -2.09. The number of rotatable bonds is 2. The lowest BCUT2D eigenvalue weighted by Crippen LogP contribution is -2.08. The molecule has 0 heterocycles. The smallest absolute Gasteiger partial charge is 0.338 e. The molecule has 0 saturated carbocycles. The topological polar surface area (TPSA) is 52.3 Å². The van der Waals surface area contributed by atoms with Crippen LogP contribution in [0.1, 0.15) is 27.0 Å². The summed E-state index contributed by atoms with van der Waals surface area (Å²) in [7, 11) is 1.39. The van der Waals surface area contributed by atoms with E-state index in [1.165, 1.54) is 7.11 Å². The molecule has 76 valence electrons. The van der Waals surface area contributed by atoms with Gasteiger partial charge in [-0.25, -0.2) is 4.79 Å². The van der Waals surface area contributed by atoms with Gasteiger partial charge in [0.1, 0.15) is 0 Å². The molecule has 3 nitrogen and oxygen atoms in total. The number of ether oxygens (including phenoxy) is 1. The van der Waals surface area contributed by atoms with E-state index in [-0.39, 0.29) is 5.97 Å². The second-order valence-electron chi connectivity index (χ2n) is 3.30. The van der Waals surface area contributed by atoms with Crippen LogP contribution in [0.4, 0.5) is 0 Å². The molecule has 0 aliphatic rings. The quantitative estimate of drug-likeness (QED) is 0.725. The van der Waals surface area contributed by atoms with Crippen molar-refractivity contribution in [3.63, 3.8) is 0 Å². The van der Waals surface area contributed by atoms with E-state index in [9.17, 15) is 4.79 Å². The summed E-state index contributed by atoms with van der Waals surface area (Å²) in [5.74, 6) is -0.288. The number of carbonyl (C=O) groups excluding carboxylic acids is 1. The molecule has 0 bridgehead atoms. The highest BCUT2D eigenvalue weighted by Gasteiger charge is 2.12. The zero-order valence-corrected chi connectivity index (χ0v) is 8.76. The highest BCUT2D eigenvalue weighted by Crippen LogP contribution is 2.17. The molecule has 0 unspecified atom stereocenters. The van der Waals surface area contributed by atoms with E-state index in [0.29, 0.717) is 12.1 Å². The van der Waals surface area contributed by atoms with Gasteiger partial charge < -0.3 is 10.5 Å². The first-order valence-corrected chi connectivity index (χ1v) is 4.48. The van der Waals surface area contributed by atoms with Crippen molar-refractivity contribution < 1.29 is 9.53 Å². The summed E-state index contributed by atoms with van der Waals surface area (Å²) in [5, 5.41) is 0. The molecule has 1 aromatic carbocycles. The number of aryl methyl sites for hydroxylation is 2. The molecular formula is C11H15NO2. The van der Waals surface area contributed by atoms with Crippen LogP contribution in [0.3, 0.4) is 0 Å². The van der Waals surface area contributed by atoms with Crippen LogP contribution in [0.15, 0.2) is 12.1 Å². The number of methoxy groups -OCH3 is 1. The summed E-state index contributed by atoms with van der Waals surface area (Å²) in [6.07, 6.45) is 0. The van der Waals surface area contributed by atoms with Gasteiger partial charge in [-0.2, -0.15) is 0 Å². The number of nitrogens with two attached hydrogens (primary N) is 1. The predicted molar refractivity (Wildman–Crippen MR) is 55.1 cm³/mol. The maximum Gasteiger partial charge on any atom is 0.338 e. The van der Waals surface area contributed by atoms with Crippen molar-refractivity contribution in [3.05, 3.63) is 34.4 Å². The zero-order chi connectivity index (χ0) is 10.7. The minimum absolute atomic E-state index is 0.288. The van der Waals surface area contributed by atoms with E-state index in [4.69, 9.17) is 10.5 Å². The van der Waals surface area contributed by atoms with E-state index in [1.807, 2.05) is 26.0 Å². The fourth-order valence-corrected chi connectivity index (χ4v) is 1.60. The largest absolute Gasteiger partial charge is 0.465 e. The Morgan fingerprint density at radius 2 is 1.86 bits per heavy atom. The third kappa shape index (κ3) is 1.93. The Morgan fingerprint density at radius 1 is 1.36 bits per heavy atom. The first-order valence-electron chi connectivity index (χ1n) is 4.48. The standard InChI is InChI=1S/C11H15NO2/c1-7-4-9(6-12)5-8(2)10(7)11(13)14-3/h4-5H,6,12H2,1-3H3.